The Kier molecular flexibility index (Phi) is 5.18. The Morgan fingerprint density at radius 3 is 2.96 bits per heavy atom. The Labute approximate surface area is 142 Å². The number of benzene rings is 1. The minimum atomic E-state index is 0.154. The molecule has 0 bridgehead atoms. The Hall–Kier alpha value is -2.30. The maximum absolute atomic E-state index is 12.2. The summed E-state index contributed by atoms with van der Waals surface area (Å²) in [5.74, 6) is 0.372. The summed E-state index contributed by atoms with van der Waals surface area (Å²) in [4.78, 5) is 30.7. The summed E-state index contributed by atoms with van der Waals surface area (Å²) in [5.41, 5.74) is 2.41. The van der Waals surface area contributed by atoms with Crippen LogP contribution in [0.2, 0.25) is 0 Å². The van der Waals surface area contributed by atoms with Gasteiger partial charge >= 0.3 is 0 Å². The maximum Gasteiger partial charge on any atom is 0.222 e. The molecule has 0 aliphatic carbocycles. The van der Waals surface area contributed by atoms with Gasteiger partial charge in [-0.05, 0) is 30.9 Å². The highest BCUT2D eigenvalue weighted by Gasteiger charge is 2.20. The number of aromatic nitrogens is 1. The van der Waals surface area contributed by atoms with Gasteiger partial charge in [-0.1, -0.05) is 18.2 Å². The third-order valence-corrected chi connectivity index (χ3v) is 4.81. The highest BCUT2D eigenvalue weighted by molar-refractivity contribution is 5.83. The quantitative estimate of drug-likeness (QED) is 0.850. The largest absolute Gasteiger partial charge is 0.361 e. The summed E-state index contributed by atoms with van der Waals surface area (Å²) in [6.45, 7) is 2.11. The number of fused-ring (bicyclic) bond motifs is 1. The van der Waals surface area contributed by atoms with E-state index in [0.29, 0.717) is 25.9 Å². The van der Waals surface area contributed by atoms with Crippen molar-refractivity contribution in [3.8, 4) is 0 Å². The van der Waals surface area contributed by atoms with E-state index in [1.807, 2.05) is 30.3 Å². The van der Waals surface area contributed by atoms with Gasteiger partial charge in [-0.25, -0.2) is 0 Å². The first-order valence-corrected chi connectivity index (χ1v) is 8.72. The number of nitrogens with zero attached hydrogens (tertiary/aromatic N) is 2. The number of amides is 2. The number of aromatic amines is 1. The first kappa shape index (κ1) is 16.6. The summed E-state index contributed by atoms with van der Waals surface area (Å²) in [7, 11) is 1.83. The number of carbonyl (C=O) groups excluding carboxylic acids is 2. The van der Waals surface area contributed by atoms with Crippen LogP contribution in [0.25, 0.3) is 10.9 Å². The standard InChI is InChI=1S/C19H25N3O2/c1-21(12-13-22-11-5-10-19(22)24)18(23)9-4-6-15-14-20-17-8-3-2-7-16(15)17/h2-3,7-8,14,20H,4-6,9-13H2,1H3. The number of rotatable bonds is 7. The van der Waals surface area contributed by atoms with Crippen LogP contribution in [-0.4, -0.2) is 53.3 Å². The molecule has 1 saturated heterocycles. The summed E-state index contributed by atoms with van der Waals surface area (Å²) in [6, 6.07) is 8.24. The van der Waals surface area contributed by atoms with Crippen LogP contribution < -0.4 is 0 Å². The Morgan fingerprint density at radius 1 is 1.33 bits per heavy atom. The second-order valence-corrected chi connectivity index (χ2v) is 6.51. The molecule has 128 valence electrons. The summed E-state index contributed by atoms with van der Waals surface area (Å²) >= 11 is 0. The van der Waals surface area contributed by atoms with Crippen molar-refractivity contribution in [2.45, 2.75) is 32.1 Å². The van der Waals surface area contributed by atoms with Gasteiger partial charge in [-0.15, -0.1) is 0 Å². The lowest BCUT2D eigenvalue weighted by atomic mass is 10.1. The number of aryl methyl sites for hydroxylation is 1. The molecule has 1 fully saturated rings. The van der Waals surface area contributed by atoms with E-state index in [4.69, 9.17) is 0 Å². The molecule has 0 unspecified atom stereocenters. The van der Waals surface area contributed by atoms with Crippen molar-refractivity contribution in [2.75, 3.05) is 26.7 Å². The van der Waals surface area contributed by atoms with Gasteiger partial charge in [0.05, 0.1) is 0 Å². The molecule has 24 heavy (non-hydrogen) atoms. The van der Waals surface area contributed by atoms with Crippen molar-refractivity contribution in [3.63, 3.8) is 0 Å². The Balaban J connectivity index is 1.42. The fourth-order valence-corrected chi connectivity index (χ4v) is 3.30. The molecule has 1 aromatic heterocycles. The predicted octanol–water partition coefficient (Wildman–Crippen LogP) is 2.57. The maximum atomic E-state index is 12.2. The van der Waals surface area contributed by atoms with Gasteiger partial charge in [-0.3, -0.25) is 9.59 Å². The zero-order chi connectivity index (χ0) is 16.9. The van der Waals surface area contributed by atoms with E-state index in [9.17, 15) is 9.59 Å². The molecule has 0 atom stereocenters. The van der Waals surface area contributed by atoms with Gasteiger partial charge < -0.3 is 14.8 Å². The molecule has 2 aromatic rings. The molecule has 1 aromatic carbocycles. The van der Waals surface area contributed by atoms with Gasteiger partial charge in [0, 0.05) is 56.6 Å². The highest BCUT2D eigenvalue weighted by Crippen LogP contribution is 2.19. The fraction of sp³-hybridized carbons (Fsp3) is 0.474. The number of H-pyrrole nitrogens is 1. The smallest absolute Gasteiger partial charge is 0.222 e. The van der Waals surface area contributed by atoms with Crippen LogP contribution in [0.1, 0.15) is 31.2 Å². The van der Waals surface area contributed by atoms with Crippen LogP contribution in [0.3, 0.4) is 0 Å². The van der Waals surface area contributed by atoms with Crippen LogP contribution in [0.5, 0.6) is 0 Å². The van der Waals surface area contributed by atoms with Crippen LogP contribution >= 0.6 is 0 Å². The van der Waals surface area contributed by atoms with Crippen molar-refractivity contribution in [2.24, 2.45) is 0 Å². The highest BCUT2D eigenvalue weighted by atomic mass is 16.2. The molecule has 3 rings (SSSR count). The predicted molar refractivity (Wildman–Crippen MR) is 94.7 cm³/mol. The number of para-hydroxylation sites is 1. The normalized spacial score (nSPS) is 14.5. The average Bonchev–Trinajstić information content (AvgIpc) is 3.19. The van der Waals surface area contributed by atoms with Crippen molar-refractivity contribution in [1.82, 2.24) is 14.8 Å². The zero-order valence-electron chi connectivity index (χ0n) is 14.3. The van der Waals surface area contributed by atoms with E-state index in [2.05, 4.69) is 17.1 Å². The first-order valence-electron chi connectivity index (χ1n) is 8.72. The lowest BCUT2D eigenvalue weighted by molar-refractivity contribution is -0.132. The third kappa shape index (κ3) is 3.78. The van der Waals surface area contributed by atoms with Crippen LogP contribution in [0.15, 0.2) is 30.5 Å². The van der Waals surface area contributed by atoms with E-state index < -0.39 is 0 Å². The number of likely N-dealkylation sites (tertiary alicyclic amines) is 1. The Bertz CT molecular complexity index is 722. The van der Waals surface area contributed by atoms with E-state index >= 15 is 0 Å². The van der Waals surface area contributed by atoms with Crippen molar-refractivity contribution in [3.05, 3.63) is 36.0 Å². The molecule has 2 heterocycles. The number of carbonyl (C=O) groups is 2. The molecule has 1 aliphatic rings. The fourth-order valence-electron chi connectivity index (χ4n) is 3.30. The van der Waals surface area contributed by atoms with Gasteiger partial charge in [-0.2, -0.15) is 0 Å². The van der Waals surface area contributed by atoms with Crippen molar-refractivity contribution >= 4 is 22.7 Å². The van der Waals surface area contributed by atoms with Crippen molar-refractivity contribution in [1.29, 1.82) is 0 Å². The van der Waals surface area contributed by atoms with E-state index in [1.165, 1.54) is 10.9 Å². The molecule has 1 N–H and O–H groups in total. The van der Waals surface area contributed by atoms with Gasteiger partial charge in [0.2, 0.25) is 11.8 Å². The second-order valence-electron chi connectivity index (χ2n) is 6.51. The van der Waals surface area contributed by atoms with Gasteiger partial charge in [0.15, 0.2) is 0 Å². The minimum Gasteiger partial charge on any atom is -0.361 e. The number of hydrogen-bond donors (Lipinski definition) is 1. The molecular formula is C19H25N3O2. The Morgan fingerprint density at radius 2 is 2.17 bits per heavy atom. The number of nitrogens with one attached hydrogen (secondary N) is 1. The zero-order valence-corrected chi connectivity index (χ0v) is 14.3. The van der Waals surface area contributed by atoms with E-state index in [-0.39, 0.29) is 11.8 Å². The molecule has 0 radical (unpaired) electrons. The number of hydrogen-bond acceptors (Lipinski definition) is 2. The monoisotopic (exact) mass is 327 g/mol. The molecule has 0 spiro atoms. The van der Waals surface area contributed by atoms with Crippen LogP contribution in [0.4, 0.5) is 0 Å². The van der Waals surface area contributed by atoms with Crippen molar-refractivity contribution < 1.29 is 9.59 Å². The molecule has 1 aliphatic heterocycles. The van der Waals surface area contributed by atoms with Crippen LogP contribution in [0, 0.1) is 0 Å². The summed E-state index contributed by atoms with van der Waals surface area (Å²) in [6.07, 6.45) is 5.92. The second kappa shape index (κ2) is 7.51. The molecule has 5 heteroatoms. The van der Waals surface area contributed by atoms with E-state index in [0.717, 1.165) is 31.3 Å². The average molecular weight is 327 g/mol. The van der Waals surface area contributed by atoms with Crippen LogP contribution in [-0.2, 0) is 16.0 Å². The lowest BCUT2D eigenvalue weighted by Gasteiger charge is -2.21. The molecular weight excluding hydrogens is 302 g/mol. The van der Waals surface area contributed by atoms with Gasteiger partial charge in [0.25, 0.3) is 0 Å². The summed E-state index contributed by atoms with van der Waals surface area (Å²) in [5, 5.41) is 1.24. The minimum absolute atomic E-state index is 0.154. The first-order chi connectivity index (χ1) is 11.6. The lowest BCUT2D eigenvalue weighted by Crippen LogP contribution is -2.36. The topological polar surface area (TPSA) is 56.4 Å². The van der Waals surface area contributed by atoms with E-state index in [1.54, 1.807) is 4.90 Å². The number of likely N-dealkylation sites (N-methyl/N-ethyl adjacent to an activating group) is 1. The SMILES string of the molecule is CN(CCN1CCCC1=O)C(=O)CCCc1c[nH]c2ccccc12. The molecule has 5 nitrogen and oxygen atoms in total. The molecule has 2 amide bonds. The molecule has 0 saturated carbocycles. The third-order valence-electron chi connectivity index (χ3n) is 4.81. The summed E-state index contributed by atoms with van der Waals surface area (Å²) < 4.78 is 0. The van der Waals surface area contributed by atoms with Gasteiger partial charge in [0.1, 0.15) is 0 Å².